The van der Waals surface area contributed by atoms with Crippen molar-refractivity contribution in [2.75, 3.05) is 6.54 Å². The van der Waals surface area contributed by atoms with E-state index in [1.165, 1.54) is 0 Å². The molecule has 0 rings (SSSR count). The van der Waals surface area contributed by atoms with Crippen LogP contribution in [0.4, 0.5) is 0 Å². The van der Waals surface area contributed by atoms with E-state index in [0.717, 1.165) is 0 Å². The van der Waals surface area contributed by atoms with Gasteiger partial charge in [-0.3, -0.25) is 0 Å². The predicted octanol–water partition coefficient (Wildman–Crippen LogP) is -4.05. The van der Waals surface area contributed by atoms with Crippen LogP contribution in [0, 0.1) is 0 Å². The first kappa shape index (κ1) is 13.4. The van der Waals surface area contributed by atoms with E-state index in [1.807, 2.05) is 0 Å². The van der Waals surface area contributed by atoms with Gasteiger partial charge in [0.2, 0.25) is 0 Å². The fourth-order valence-electron chi connectivity index (χ4n) is 0.852. The van der Waals surface area contributed by atoms with Crippen molar-refractivity contribution in [3.05, 3.63) is 0 Å². The molecule has 14 heavy (non-hydrogen) atoms. The van der Waals surface area contributed by atoms with E-state index >= 15 is 0 Å². The summed E-state index contributed by atoms with van der Waals surface area (Å²) in [5, 5.41) is 45.1. The minimum absolute atomic E-state index is 0.00936. The lowest BCUT2D eigenvalue weighted by Gasteiger charge is -2.26. The fourth-order valence-corrected chi connectivity index (χ4v) is 0.852. The number of hydrogen-bond acceptors (Lipinski definition) is 7. The largest absolute Gasteiger partial charge is 0.389 e. The average Bonchev–Trinajstić information content (AvgIpc) is 2.23. The van der Waals surface area contributed by atoms with Crippen LogP contribution in [0.2, 0.25) is 0 Å². The van der Waals surface area contributed by atoms with Gasteiger partial charge in [0.1, 0.15) is 24.4 Å². The molecule has 0 saturated carbocycles. The van der Waals surface area contributed by atoms with E-state index in [4.69, 9.17) is 31.3 Å². The molecular formula is C7H15NO6. The lowest BCUT2D eigenvalue weighted by atomic mass is 10.00. The molecule has 0 bridgehead atoms. The topological polar surface area (TPSA) is 144 Å². The molecule has 0 heterocycles. The zero-order valence-corrected chi connectivity index (χ0v) is 7.39. The standard InChI is InChI=1S/C7H15NO6/c8-1-3(10)5(12)7(14)6(13)4(11)2-9/h2-7,10-14H,1,8H2/t3-,4+,5+,6+,7-/m1/s1. The van der Waals surface area contributed by atoms with Crippen molar-refractivity contribution in [1.82, 2.24) is 0 Å². The van der Waals surface area contributed by atoms with Crippen molar-refractivity contribution in [2.45, 2.75) is 30.5 Å². The molecule has 0 amide bonds. The predicted molar refractivity (Wildman–Crippen MR) is 45.2 cm³/mol. The second kappa shape index (κ2) is 6.02. The van der Waals surface area contributed by atoms with Crippen LogP contribution < -0.4 is 5.73 Å². The first-order valence-corrected chi connectivity index (χ1v) is 4.01. The van der Waals surface area contributed by atoms with Crippen LogP contribution >= 0.6 is 0 Å². The van der Waals surface area contributed by atoms with Crippen LogP contribution in [0.15, 0.2) is 0 Å². The Hall–Kier alpha value is -0.570. The van der Waals surface area contributed by atoms with Crippen LogP contribution in [-0.4, -0.2) is 68.9 Å². The third-order valence-electron chi connectivity index (χ3n) is 1.82. The number of aldehydes is 1. The molecule has 0 spiro atoms. The van der Waals surface area contributed by atoms with Crippen LogP contribution in [0.5, 0.6) is 0 Å². The number of carbonyl (C=O) groups is 1. The Morgan fingerprint density at radius 1 is 1.00 bits per heavy atom. The lowest BCUT2D eigenvalue weighted by molar-refractivity contribution is -0.143. The maximum atomic E-state index is 10.0. The quantitative estimate of drug-likeness (QED) is 0.244. The number of nitrogens with two attached hydrogens (primary N) is 1. The Labute approximate surface area is 80.4 Å². The minimum atomic E-state index is -1.86. The van der Waals surface area contributed by atoms with Gasteiger partial charge < -0.3 is 36.1 Å². The molecule has 84 valence electrons. The molecule has 0 aliphatic rings. The highest BCUT2D eigenvalue weighted by atomic mass is 16.4. The zero-order valence-electron chi connectivity index (χ0n) is 7.39. The van der Waals surface area contributed by atoms with Gasteiger partial charge in [-0.05, 0) is 0 Å². The summed E-state index contributed by atoms with van der Waals surface area (Å²) in [6, 6.07) is 0. The lowest BCUT2D eigenvalue weighted by Crippen LogP contribution is -2.51. The van der Waals surface area contributed by atoms with Crippen molar-refractivity contribution in [3.63, 3.8) is 0 Å². The molecule has 0 fully saturated rings. The SMILES string of the molecule is NC[C@@H](O)[C@H](O)[C@@H](O)[C@@H](O)[C@@H](O)C=O. The summed E-state index contributed by atoms with van der Waals surface area (Å²) in [7, 11) is 0. The summed E-state index contributed by atoms with van der Waals surface area (Å²) in [6.45, 7) is -0.317. The second-order valence-electron chi connectivity index (χ2n) is 2.90. The molecule has 0 saturated heterocycles. The number of aliphatic hydroxyl groups excluding tert-OH is 5. The first-order valence-electron chi connectivity index (χ1n) is 4.01. The molecule has 0 radical (unpaired) electrons. The monoisotopic (exact) mass is 209 g/mol. The van der Waals surface area contributed by atoms with E-state index < -0.39 is 30.5 Å². The van der Waals surface area contributed by atoms with Crippen LogP contribution in [-0.2, 0) is 4.79 Å². The number of hydrogen-bond donors (Lipinski definition) is 6. The molecule has 0 aliphatic heterocycles. The maximum absolute atomic E-state index is 10.0. The third-order valence-corrected chi connectivity index (χ3v) is 1.82. The molecule has 7 heteroatoms. The molecule has 0 aromatic rings. The summed E-state index contributed by atoms with van der Waals surface area (Å²) < 4.78 is 0. The number of aliphatic hydroxyl groups is 5. The van der Waals surface area contributed by atoms with Crippen molar-refractivity contribution >= 4 is 6.29 Å². The maximum Gasteiger partial charge on any atom is 0.151 e. The highest BCUT2D eigenvalue weighted by Gasteiger charge is 2.33. The molecule has 0 aromatic heterocycles. The van der Waals surface area contributed by atoms with E-state index in [2.05, 4.69) is 0 Å². The normalized spacial score (nSPS) is 22.1. The molecule has 5 atom stereocenters. The van der Waals surface area contributed by atoms with Gasteiger partial charge in [0.05, 0.1) is 6.10 Å². The van der Waals surface area contributed by atoms with E-state index in [-0.39, 0.29) is 12.8 Å². The summed E-state index contributed by atoms with van der Waals surface area (Å²) in [5.41, 5.74) is 4.98. The highest BCUT2D eigenvalue weighted by molar-refractivity contribution is 5.56. The van der Waals surface area contributed by atoms with Crippen LogP contribution in [0.25, 0.3) is 0 Å². The van der Waals surface area contributed by atoms with Crippen molar-refractivity contribution < 1.29 is 30.3 Å². The van der Waals surface area contributed by atoms with E-state index in [0.29, 0.717) is 0 Å². The van der Waals surface area contributed by atoms with Crippen LogP contribution in [0.3, 0.4) is 0 Å². The second-order valence-corrected chi connectivity index (χ2v) is 2.90. The van der Waals surface area contributed by atoms with Gasteiger partial charge in [-0.15, -0.1) is 0 Å². The number of carbonyl (C=O) groups excluding carboxylic acids is 1. The van der Waals surface area contributed by atoms with E-state index in [9.17, 15) is 4.79 Å². The average molecular weight is 209 g/mol. The third kappa shape index (κ3) is 3.29. The smallest absolute Gasteiger partial charge is 0.151 e. The van der Waals surface area contributed by atoms with Gasteiger partial charge in [0.15, 0.2) is 6.29 Å². The molecule has 0 unspecified atom stereocenters. The van der Waals surface area contributed by atoms with Gasteiger partial charge in [0, 0.05) is 6.54 Å². The molecule has 0 aliphatic carbocycles. The van der Waals surface area contributed by atoms with Crippen molar-refractivity contribution in [2.24, 2.45) is 5.73 Å². The summed E-state index contributed by atoms with van der Waals surface area (Å²) >= 11 is 0. The van der Waals surface area contributed by atoms with Crippen LogP contribution in [0.1, 0.15) is 0 Å². The Morgan fingerprint density at radius 2 is 1.50 bits per heavy atom. The van der Waals surface area contributed by atoms with Gasteiger partial charge in [0.25, 0.3) is 0 Å². The number of rotatable bonds is 6. The molecule has 0 aromatic carbocycles. The molecule has 7 nitrogen and oxygen atoms in total. The van der Waals surface area contributed by atoms with Gasteiger partial charge in [-0.25, -0.2) is 0 Å². The van der Waals surface area contributed by atoms with Gasteiger partial charge >= 0.3 is 0 Å². The summed E-state index contributed by atoms with van der Waals surface area (Å²) in [6.07, 6.45) is -8.65. The Balaban J connectivity index is 4.29. The van der Waals surface area contributed by atoms with Gasteiger partial charge in [-0.1, -0.05) is 0 Å². The van der Waals surface area contributed by atoms with Crippen molar-refractivity contribution in [1.29, 1.82) is 0 Å². The van der Waals surface area contributed by atoms with Crippen molar-refractivity contribution in [3.8, 4) is 0 Å². The minimum Gasteiger partial charge on any atom is -0.389 e. The summed E-state index contributed by atoms with van der Waals surface area (Å²) in [5.74, 6) is 0. The Kier molecular flexibility index (Phi) is 5.77. The Bertz CT molecular complexity index is 178. The van der Waals surface area contributed by atoms with E-state index in [1.54, 1.807) is 0 Å². The van der Waals surface area contributed by atoms with Gasteiger partial charge in [-0.2, -0.15) is 0 Å². The Morgan fingerprint density at radius 3 is 1.86 bits per heavy atom. The molecule has 7 N–H and O–H groups in total. The zero-order chi connectivity index (χ0) is 11.3. The fraction of sp³-hybridized carbons (Fsp3) is 0.857. The highest BCUT2D eigenvalue weighted by Crippen LogP contribution is 2.06. The first-order chi connectivity index (χ1) is 6.45. The summed E-state index contributed by atoms with van der Waals surface area (Å²) in [4.78, 5) is 10.0. The molecular weight excluding hydrogens is 194 g/mol.